The van der Waals surface area contributed by atoms with Crippen molar-refractivity contribution in [1.29, 1.82) is 5.26 Å². The average molecular weight is 469 g/mol. The van der Waals surface area contributed by atoms with E-state index in [4.69, 9.17) is 17.5 Å². The van der Waals surface area contributed by atoms with Crippen LogP contribution in [0.25, 0.3) is 28.2 Å². The standard InChI is InChI=1S/C23H15F4N5S/c1-13(29-2)17-8-7-16(11-19(17)24)31-20-4-3-9-30-21(20)32(22(31)33)15-6-5-14(12-28)18(10-15)23(25,26)27/h3-11,29H,1H2,2H3. The number of aromatic nitrogens is 3. The highest BCUT2D eigenvalue weighted by atomic mass is 32.1. The Hall–Kier alpha value is -3.97. The molecule has 0 radical (unpaired) electrons. The van der Waals surface area contributed by atoms with Gasteiger partial charge in [-0.2, -0.15) is 18.4 Å². The molecule has 0 unspecified atom stereocenters. The second kappa shape index (κ2) is 8.18. The summed E-state index contributed by atoms with van der Waals surface area (Å²) in [7, 11) is 1.62. The van der Waals surface area contributed by atoms with E-state index in [-0.39, 0.29) is 21.7 Å². The van der Waals surface area contributed by atoms with Crippen molar-refractivity contribution in [3.8, 4) is 17.4 Å². The molecule has 0 aliphatic rings. The van der Waals surface area contributed by atoms with Gasteiger partial charge >= 0.3 is 6.18 Å². The van der Waals surface area contributed by atoms with Crippen LogP contribution < -0.4 is 5.32 Å². The first-order valence-electron chi connectivity index (χ1n) is 9.54. The zero-order valence-corrected chi connectivity index (χ0v) is 17.9. The predicted molar refractivity (Wildman–Crippen MR) is 119 cm³/mol. The van der Waals surface area contributed by atoms with Gasteiger partial charge in [0.2, 0.25) is 0 Å². The number of hydrogen-bond donors (Lipinski definition) is 1. The number of hydrogen-bond acceptors (Lipinski definition) is 4. The maximum Gasteiger partial charge on any atom is 0.417 e. The van der Waals surface area contributed by atoms with Crippen molar-refractivity contribution in [1.82, 2.24) is 19.4 Å². The van der Waals surface area contributed by atoms with Crippen molar-refractivity contribution in [2.24, 2.45) is 0 Å². The third-order valence-corrected chi connectivity index (χ3v) is 5.49. The fraction of sp³-hybridized carbons (Fsp3) is 0.0870. The molecule has 4 rings (SSSR count). The maximum absolute atomic E-state index is 14.8. The molecule has 0 spiro atoms. The Labute approximate surface area is 190 Å². The Kier molecular flexibility index (Phi) is 5.51. The highest BCUT2D eigenvalue weighted by Gasteiger charge is 2.34. The first kappa shape index (κ1) is 22.2. The van der Waals surface area contributed by atoms with Gasteiger partial charge < -0.3 is 5.32 Å². The topological polar surface area (TPSA) is 58.6 Å². The Morgan fingerprint density at radius 1 is 1.12 bits per heavy atom. The molecule has 0 saturated heterocycles. The Bertz CT molecular complexity index is 1510. The summed E-state index contributed by atoms with van der Waals surface area (Å²) in [5, 5.41) is 11.9. The molecule has 0 fully saturated rings. The van der Waals surface area contributed by atoms with Gasteiger partial charge in [-0.3, -0.25) is 9.13 Å². The van der Waals surface area contributed by atoms with E-state index in [1.54, 1.807) is 31.3 Å². The van der Waals surface area contributed by atoms with E-state index in [1.807, 2.05) is 0 Å². The lowest BCUT2D eigenvalue weighted by molar-refractivity contribution is -0.137. The SMILES string of the molecule is C=C(NC)c1ccc(-n2c(=S)n(-c3ccc(C#N)c(C(F)(F)F)c3)c3ncccc32)cc1F. The monoisotopic (exact) mass is 469 g/mol. The van der Waals surface area contributed by atoms with Gasteiger partial charge in [-0.05, 0) is 60.7 Å². The van der Waals surface area contributed by atoms with Crippen molar-refractivity contribution in [2.45, 2.75) is 6.18 Å². The maximum atomic E-state index is 14.8. The molecule has 10 heteroatoms. The minimum atomic E-state index is -4.73. The summed E-state index contributed by atoms with van der Waals surface area (Å²) in [6.07, 6.45) is -3.25. The number of imidazole rings is 1. The highest BCUT2D eigenvalue weighted by molar-refractivity contribution is 7.71. The number of benzene rings is 2. The van der Waals surface area contributed by atoms with Gasteiger partial charge in [-0.25, -0.2) is 9.37 Å². The predicted octanol–water partition coefficient (Wildman–Crippen LogP) is 5.77. The van der Waals surface area contributed by atoms with Crippen LogP contribution >= 0.6 is 12.2 Å². The summed E-state index contributed by atoms with van der Waals surface area (Å²) in [5.41, 5.74) is 0.283. The molecule has 1 N–H and O–H groups in total. The van der Waals surface area contributed by atoms with E-state index >= 15 is 0 Å². The Morgan fingerprint density at radius 2 is 1.82 bits per heavy atom. The van der Waals surface area contributed by atoms with Crippen LogP contribution in [0.15, 0.2) is 61.3 Å². The molecule has 2 aromatic heterocycles. The molecule has 0 amide bonds. The Morgan fingerprint density at radius 3 is 2.45 bits per heavy atom. The summed E-state index contributed by atoms with van der Waals surface area (Å²) in [5.74, 6) is -0.545. The number of nitriles is 1. The summed E-state index contributed by atoms with van der Waals surface area (Å²) in [6.45, 7) is 3.75. The second-order valence-electron chi connectivity index (χ2n) is 7.03. The van der Waals surface area contributed by atoms with E-state index in [9.17, 15) is 17.6 Å². The smallest absolute Gasteiger partial charge is 0.388 e. The molecular weight excluding hydrogens is 454 g/mol. The fourth-order valence-electron chi connectivity index (χ4n) is 3.54. The van der Waals surface area contributed by atoms with E-state index in [0.717, 1.165) is 12.1 Å². The van der Waals surface area contributed by atoms with Crippen LogP contribution in [-0.2, 0) is 6.18 Å². The molecule has 5 nitrogen and oxygen atoms in total. The van der Waals surface area contributed by atoms with Gasteiger partial charge in [0.05, 0.1) is 34.1 Å². The number of halogens is 4. The van der Waals surface area contributed by atoms with Crippen LogP contribution in [-0.4, -0.2) is 21.2 Å². The highest BCUT2D eigenvalue weighted by Crippen LogP contribution is 2.34. The lowest BCUT2D eigenvalue weighted by Crippen LogP contribution is -2.09. The third kappa shape index (κ3) is 3.76. The third-order valence-electron chi connectivity index (χ3n) is 5.13. The lowest BCUT2D eigenvalue weighted by Gasteiger charge is -2.12. The molecule has 0 aliphatic carbocycles. The molecule has 0 saturated carbocycles. The number of nitrogens with one attached hydrogen (secondary N) is 1. The van der Waals surface area contributed by atoms with Crippen molar-refractivity contribution in [3.63, 3.8) is 0 Å². The first-order chi connectivity index (χ1) is 15.7. The number of rotatable bonds is 4. The summed E-state index contributed by atoms with van der Waals surface area (Å²) < 4.78 is 58.3. The minimum Gasteiger partial charge on any atom is -0.388 e. The van der Waals surface area contributed by atoms with Gasteiger partial charge in [-0.1, -0.05) is 6.58 Å². The van der Waals surface area contributed by atoms with E-state index in [0.29, 0.717) is 16.9 Å². The van der Waals surface area contributed by atoms with Crippen LogP contribution in [0.5, 0.6) is 0 Å². The number of pyridine rings is 1. The normalized spacial score (nSPS) is 11.4. The average Bonchev–Trinajstić information content (AvgIpc) is 3.09. The molecule has 4 aromatic rings. The number of nitrogens with zero attached hydrogens (tertiary/aromatic N) is 4. The van der Waals surface area contributed by atoms with Crippen molar-refractivity contribution < 1.29 is 17.6 Å². The number of alkyl halides is 3. The zero-order valence-electron chi connectivity index (χ0n) is 17.1. The van der Waals surface area contributed by atoms with Crippen LogP contribution in [0.2, 0.25) is 0 Å². The number of fused-ring (bicyclic) bond motifs is 1. The summed E-state index contributed by atoms with van der Waals surface area (Å²) >= 11 is 5.59. The quantitative estimate of drug-likeness (QED) is 0.305. The van der Waals surface area contributed by atoms with Crippen molar-refractivity contribution in [2.75, 3.05) is 7.05 Å². The van der Waals surface area contributed by atoms with E-state index in [2.05, 4.69) is 16.9 Å². The van der Waals surface area contributed by atoms with Crippen molar-refractivity contribution >= 4 is 29.1 Å². The van der Waals surface area contributed by atoms with Crippen LogP contribution in [0.3, 0.4) is 0 Å². The van der Waals surface area contributed by atoms with Crippen LogP contribution in [0, 0.1) is 21.9 Å². The summed E-state index contributed by atoms with van der Waals surface area (Å²) in [4.78, 5) is 4.29. The zero-order chi connectivity index (χ0) is 23.9. The molecule has 0 atom stereocenters. The molecule has 33 heavy (non-hydrogen) atoms. The molecule has 166 valence electrons. The molecular formula is C23H15F4N5S. The Balaban J connectivity index is 1.99. The molecule has 2 heterocycles. The van der Waals surface area contributed by atoms with Crippen LogP contribution in [0.1, 0.15) is 16.7 Å². The molecule has 0 bridgehead atoms. The van der Waals surface area contributed by atoms with E-state index in [1.165, 1.54) is 33.5 Å². The molecule has 2 aromatic carbocycles. The van der Waals surface area contributed by atoms with Crippen molar-refractivity contribution in [3.05, 3.63) is 88.6 Å². The minimum absolute atomic E-state index is 0.0782. The van der Waals surface area contributed by atoms with Gasteiger partial charge in [0.15, 0.2) is 10.4 Å². The van der Waals surface area contributed by atoms with Gasteiger partial charge in [-0.15, -0.1) is 0 Å². The van der Waals surface area contributed by atoms with Gasteiger partial charge in [0.1, 0.15) is 5.82 Å². The lowest BCUT2D eigenvalue weighted by atomic mass is 10.1. The fourth-order valence-corrected chi connectivity index (χ4v) is 3.93. The second-order valence-corrected chi connectivity index (χ2v) is 7.40. The van der Waals surface area contributed by atoms with Gasteiger partial charge in [0.25, 0.3) is 0 Å². The van der Waals surface area contributed by atoms with Crippen LogP contribution in [0.4, 0.5) is 17.6 Å². The van der Waals surface area contributed by atoms with Gasteiger partial charge in [0, 0.05) is 24.5 Å². The van der Waals surface area contributed by atoms with E-state index < -0.39 is 23.1 Å². The largest absolute Gasteiger partial charge is 0.417 e. The molecule has 0 aliphatic heterocycles. The first-order valence-corrected chi connectivity index (χ1v) is 9.95. The summed E-state index contributed by atoms with van der Waals surface area (Å²) in [6, 6.07) is 12.6.